The van der Waals surface area contributed by atoms with Crippen LogP contribution < -0.4 is 10.7 Å². The zero-order chi connectivity index (χ0) is 24.7. The molecule has 0 saturated carbocycles. The Morgan fingerprint density at radius 1 is 1.03 bits per heavy atom. The van der Waals surface area contributed by atoms with E-state index in [0.717, 1.165) is 5.69 Å². The van der Waals surface area contributed by atoms with Crippen molar-refractivity contribution < 1.29 is 17.6 Å². The summed E-state index contributed by atoms with van der Waals surface area (Å²) in [6, 6.07) is 12.1. The van der Waals surface area contributed by atoms with E-state index in [1.807, 2.05) is 29.2 Å². The minimum absolute atomic E-state index is 0.00478. The van der Waals surface area contributed by atoms with Gasteiger partial charge in [0.05, 0.1) is 16.3 Å². The van der Waals surface area contributed by atoms with Crippen molar-refractivity contribution in [3.63, 3.8) is 0 Å². The zero-order valence-corrected chi connectivity index (χ0v) is 21.0. The number of amides is 1. The lowest BCUT2D eigenvalue weighted by Crippen LogP contribution is -2.53. The molecule has 0 unspecified atom stereocenters. The van der Waals surface area contributed by atoms with Crippen LogP contribution in [0.2, 0.25) is 5.02 Å². The maximum atomic E-state index is 13.3. The van der Waals surface area contributed by atoms with Gasteiger partial charge in [0.25, 0.3) is 0 Å². The van der Waals surface area contributed by atoms with Gasteiger partial charge in [0.15, 0.2) is 5.58 Å². The number of halogens is 1. The van der Waals surface area contributed by atoms with Crippen LogP contribution in [0, 0.1) is 5.92 Å². The average molecular weight is 519 g/mol. The summed E-state index contributed by atoms with van der Waals surface area (Å²) in [4.78, 5) is 29.2. The molecule has 2 saturated heterocycles. The van der Waals surface area contributed by atoms with Gasteiger partial charge in [-0.2, -0.15) is 4.31 Å². The lowest BCUT2D eigenvalue weighted by Gasteiger charge is -2.39. The van der Waals surface area contributed by atoms with Gasteiger partial charge >= 0.3 is 5.76 Å². The van der Waals surface area contributed by atoms with Gasteiger partial charge in [0, 0.05) is 63.1 Å². The maximum absolute atomic E-state index is 13.3. The number of aryl methyl sites for hydroxylation is 1. The number of sulfonamides is 1. The largest absolute Gasteiger partial charge is 0.419 e. The molecule has 2 fully saturated rings. The number of hydrogen-bond acceptors (Lipinski definition) is 6. The van der Waals surface area contributed by atoms with Gasteiger partial charge in [-0.25, -0.2) is 13.2 Å². The summed E-state index contributed by atoms with van der Waals surface area (Å²) in [5.41, 5.74) is 1.82. The number of rotatable bonds is 4. The van der Waals surface area contributed by atoms with Gasteiger partial charge in [0.1, 0.15) is 0 Å². The van der Waals surface area contributed by atoms with Gasteiger partial charge in [-0.3, -0.25) is 9.36 Å². The highest BCUT2D eigenvalue weighted by atomic mass is 35.5. The topological polar surface area (TPSA) is 96.1 Å². The fraction of sp³-hybridized carbons (Fsp3) is 0.417. The first-order valence-electron chi connectivity index (χ1n) is 11.6. The Hall–Kier alpha value is -2.82. The van der Waals surface area contributed by atoms with E-state index < -0.39 is 15.8 Å². The van der Waals surface area contributed by atoms with E-state index in [1.165, 1.54) is 21.0 Å². The van der Waals surface area contributed by atoms with Crippen LogP contribution in [0.3, 0.4) is 0 Å². The molecule has 0 spiro atoms. The van der Waals surface area contributed by atoms with Gasteiger partial charge in [-0.1, -0.05) is 11.6 Å². The number of oxazole rings is 1. The number of carbonyl (C=O) groups excluding carboxylic acids is 1. The fourth-order valence-electron chi connectivity index (χ4n) is 4.88. The Balaban J connectivity index is 1.26. The van der Waals surface area contributed by atoms with E-state index in [1.54, 1.807) is 13.1 Å². The predicted molar refractivity (Wildman–Crippen MR) is 133 cm³/mol. The van der Waals surface area contributed by atoms with Crippen molar-refractivity contribution in [3.05, 3.63) is 58.0 Å². The number of benzene rings is 2. The third-order valence-electron chi connectivity index (χ3n) is 6.92. The minimum atomic E-state index is -3.83. The molecule has 3 heterocycles. The second-order valence-electron chi connectivity index (χ2n) is 9.05. The summed E-state index contributed by atoms with van der Waals surface area (Å²) in [6.45, 7) is 3.11. The van der Waals surface area contributed by atoms with Crippen molar-refractivity contribution in [2.75, 3.05) is 44.2 Å². The summed E-state index contributed by atoms with van der Waals surface area (Å²) in [7, 11) is -2.26. The van der Waals surface area contributed by atoms with Crippen molar-refractivity contribution in [1.29, 1.82) is 0 Å². The first-order chi connectivity index (χ1) is 16.7. The third kappa shape index (κ3) is 4.57. The lowest BCUT2D eigenvalue weighted by molar-refractivity contribution is -0.137. The molecule has 0 radical (unpaired) electrons. The van der Waals surface area contributed by atoms with E-state index in [9.17, 15) is 18.0 Å². The Bertz CT molecular complexity index is 1410. The van der Waals surface area contributed by atoms with Crippen LogP contribution in [0.1, 0.15) is 12.8 Å². The minimum Gasteiger partial charge on any atom is -0.408 e. The molecule has 35 heavy (non-hydrogen) atoms. The molecule has 9 nitrogen and oxygen atoms in total. The van der Waals surface area contributed by atoms with Gasteiger partial charge in [0.2, 0.25) is 15.9 Å². The predicted octanol–water partition coefficient (Wildman–Crippen LogP) is 2.53. The van der Waals surface area contributed by atoms with Crippen molar-refractivity contribution >= 4 is 44.3 Å². The van der Waals surface area contributed by atoms with E-state index in [0.29, 0.717) is 56.1 Å². The van der Waals surface area contributed by atoms with Crippen molar-refractivity contribution in [3.8, 4) is 0 Å². The highest BCUT2D eigenvalue weighted by Gasteiger charge is 2.36. The second-order valence-corrected chi connectivity index (χ2v) is 11.4. The van der Waals surface area contributed by atoms with Crippen LogP contribution in [-0.2, 0) is 21.9 Å². The molecule has 2 aromatic carbocycles. The number of fused-ring (bicyclic) bond motifs is 1. The molecule has 2 aliphatic heterocycles. The molecule has 0 aliphatic carbocycles. The fourth-order valence-corrected chi connectivity index (χ4v) is 6.55. The first-order valence-corrected chi connectivity index (χ1v) is 13.4. The number of anilines is 1. The molecule has 2 aliphatic rings. The van der Waals surface area contributed by atoms with Crippen LogP contribution >= 0.6 is 11.6 Å². The van der Waals surface area contributed by atoms with Gasteiger partial charge in [-0.15, -0.1) is 0 Å². The van der Waals surface area contributed by atoms with Crippen molar-refractivity contribution in [2.45, 2.75) is 17.7 Å². The quantitative estimate of drug-likeness (QED) is 0.526. The van der Waals surface area contributed by atoms with Crippen molar-refractivity contribution in [2.24, 2.45) is 13.0 Å². The highest BCUT2D eigenvalue weighted by molar-refractivity contribution is 7.89. The summed E-state index contributed by atoms with van der Waals surface area (Å²) in [5.74, 6) is -0.918. The lowest BCUT2D eigenvalue weighted by atomic mass is 9.97. The molecule has 1 aromatic heterocycles. The number of piperazine rings is 1. The van der Waals surface area contributed by atoms with Gasteiger partial charge in [-0.05, 0) is 49.2 Å². The molecule has 1 amide bonds. The number of piperidine rings is 1. The molecule has 0 N–H and O–H groups in total. The molecule has 3 aromatic rings. The SMILES string of the molecule is Cn1c(=O)oc2cc(S(=O)(=O)N3CCC[C@H](C(=O)N4CCN(c5ccc(Cl)cc5)CC4)C3)ccc21. The second kappa shape index (κ2) is 9.33. The van der Waals surface area contributed by atoms with Gasteiger partial charge < -0.3 is 14.2 Å². The highest BCUT2D eigenvalue weighted by Crippen LogP contribution is 2.28. The summed E-state index contributed by atoms with van der Waals surface area (Å²) in [5, 5.41) is 0.688. The number of carbonyl (C=O) groups is 1. The Labute approximate surface area is 208 Å². The van der Waals surface area contributed by atoms with Crippen LogP contribution in [0.25, 0.3) is 11.1 Å². The Morgan fingerprint density at radius 2 is 1.74 bits per heavy atom. The average Bonchev–Trinajstić information content (AvgIpc) is 3.17. The van der Waals surface area contributed by atoms with Crippen LogP contribution in [0.5, 0.6) is 0 Å². The normalized spacial score (nSPS) is 19.9. The van der Waals surface area contributed by atoms with E-state index in [2.05, 4.69) is 4.90 Å². The smallest absolute Gasteiger partial charge is 0.408 e. The third-order valence-corrected chi connectivity index (χ3v) is 9.03. The molecule has 0 bridgehead atoms. The van der Waals surface area contributed by atoms with Crippen LogP contribution in [-0.4, -0.2) is 67.4 Å². The number of hydrogen-bond donors (Lipinski definition) is 0. The van der Waals surface area contributed by atoms with Crippen molar-refractivity contribution in [1.82, 2.24) is 13.8 Å². The summed E-state index contributed by atoms with van der Waals surface area (Å²) in [6.07, 6.45) is 1.28. The molecular weight excluding hydrogens is 492 g/mol. The molecule has 11 heteroatoms. The molecule has 186 valence electrons. The standard InChI is InChI=1S/C24H27ClN4O5S/c1-26-21-9-8-20(15-22(21)34-24(26)31)35(32,33)29-10-2-3-17(16-29)23(30)28-13-11-27(12-14-28)19-6-4-18(25)5-7-19/h4-9,15,17H,2-3,10-14,16H2,1H3/t17-/m0/s1. The number of aromatic nitrogens is 1. The Morgan fingerprint density at radius 3 is 2.46 bits per heavy atom. The zero-order valence-electron chi connectivity index (χ0n) is 19.4. The van der Waals surface area contributed by atoms with E-state index in [4.69, 9.17) is 16.0 Å². The molecule has 5 rings (SSSR count). The molecule has 1 atom stereocenters. The van der Waals surface area contributed by atoms with Crippen LogP contribution in [0.4, 0.5) is 5.69 Å². The summed E-state index contributed by atoms with van der Waals surface area (Å²) < 4.78 is 34.6. The summed E-state index contributed by atoms with van der Waals surface area (Å²) >= 11 is 5.98. The Kier molecular flexibility index (Phi) is 6.37. The number of nitrogens with zero attached hydrogens (tertiary/aromatic N) is 4. The maximum Gasteiger partial charge on any atom is 0.419 e. The van der Waals surface area contributed by atoms with E-state index >= 15 is 0 Å². The molecular formula is C24H27ClN4O5S. The monoisotopic (exact) mass is 518 g/mol. The van der Waals surface area contributed by atoms with Crippen LogP contribution in [0.15, 0.2) is 56.6 Å². The van der Waals surface area contributed by atoms with E-state index in [-0.39, 0.29) is 28.8 Å². The first kappa shape index (κ1) is 23.9.